The lowest BCUT2D eigenvalue weighted by molar-refractivity contribution is 0.204. The Balaban J connectivity index is 0.000000810. The highest BCUT2D eigenvalue weighted by atomic mass is 35.5. The molecule has 1 saturated heterocycles. The Labute approximate surface area is 65.6 Å². The second kappa shape index (κ2) is 4.66. The van der Waals surface area contributed by atoms with Crippen LogP contribution in [0, 0.1) is 0 Å². The summed E-state index contributed by atoms with van der Waals surface area (Å²) >= 11 is 0. The molecule has 2 nitrogen and oxygen atoms in total. The third-order valence-corrected chi connectivity index (χ3v) is 1.39. The van der Waals surface area contributed by atoms with Gasteiger partial charge in [-0.3, -0.25) is 0 Å². The molecule has 10 heavy (non-hydrogen) atoms. The average molecular weight is 168 g/mol. The number of halogens is 2. The van der Waals surface area contributed by atoms with Crippen molar-refractivity contribution in [2.24, 2.45) is 5.73 Å². The van der Waals surface area contributed by atoms with Gasteiger partial charge in [0.25, 0.3) is 0 Å². The van der Waals surface area contributed by atoms with Crippen molar-refractivity contribution in [3.8, 4) is 0 Å². The van der Waals surface area contributed by atoms with E-state index in [0.717, 1.165) is 5.57 Å². The summed E-state index contributed by atoms with van der Waals surface area (Å²) in [5, 5.41) is 0. The zero-order chi connectivity index (χ0) is 6.69. The normalized spacial score (nSPS) is 22.2. The van der Waals surface area contributed by atoms with Crippen LogP contribution in [0.5, 0.6) is 0 Å². The van der Waals surface area contributed by atoms with E-state index in [9.17, 15) is 4.39 Å². The topological polar surface area (TPSA) is 35.2 Å². The number of rotatable bonds is 1. The number of hydrogen-bond donors (Lipinski definition) is 1. The highest BCUT2D eigenvalue weighted by Gasteiger charge is 2.10. The molecule has 1 aliphatic heterocycles. The van der Waals surface area contributed by atoms with Gasteiger partial charge in [0.1, 0.15) is 5.83 Å². The highest BCUT2D eigenvalue weighted by molar-refractivity contribution is 5.85. The number of hydrogen-bond acceptors (Lipinski definition) is 2. The van der Waals surface area contributed by atoms with Crippen LogP contribution >= 0.6 is 12.4 Å². The number of nitrogens with two attached hydrogens (primary N) is 1. The standard InChI is InChI=1S/C6H10FNO.ClH/c7-6(3-8)5-1-2-9-4-5;/h1-4,8H2;1H/b6-5-;. The van der Waals surface area contributed by atoms with E-state index in [0.29, 0.717) is 19.6 Å². The summed E-state index contributed by atoms with van der Waals surface area (Å²) in [5.74, 6) is -0.201. The molecule has 0 bridgehead atoms. The first-order chi connectivity index (χ1) is 4.34. The average Bonchev–Trinajstić information content (AvgIpc) is 2.37. The van der Waals surface area contributed by atoms with Gasteiger partial charge in [-0.15, -0.1) is 12.4 Å². The van der Waals surface area contributed by atoms with E-state index in [-0.39, 0.29) is 24.8 Å². The van der Waals surface area contributed by atoms with Gasteiger partial charge >= 0.3 is 0 Å². The van der Waals surface area contributed by atoms with E-state index in [1.54, 1.807) is 0 Å². The lowest BCUT2D eigenvalue weighted by Gasteiger charge is -1.94. The molecule has 60 valence electrons. The van der Waals surface area contributed by atoms with Crippen molar-refractivity contribution in [3.63, 3.8) is 0 Å². The summed E-state index contributed by atoms with van der Waals surface area (Å²) in [6, 6.07) is 0. The van der Waals surface area contributed by atoms with E-state index in [1.807, 2.05) is 0 Å². The van der Waals surface area contributed by atoms with Gasteiger partial charge < -0.3 is 10.5 Å². The van der Waals surface area contributed by atoms with Gasteiger partial charge in [-0.1, -0.05) is 0 Å². The Morgan fingerprint density at radius 3 is 2.80 bits per heavy atom. The van der Waals surface area contributed by atoms with E-state index in [2.05, 4.69) is 0 Å². The largest absolute Gasteiger partial charge is 0.377 e. The minimum atomic E-state index is -0.201. The van der Waals surface area contributed by atoms with Gasteiger partial charge in [0, 0.05) is 6.54 Å². The molecular weight excluding hydrogens is 157 g/mol. The van der Waals surface area contributed by atoms with Gasteiger partial charge in [-0.2, -0.15) is 0 Å². The molecule has 1 fully saturated rings. The lowest BCUT2D eigenvalue weighted by atomic mass is 10.2. The molecule has 0 aliphatic carbocycles. The van der Waals surface area contributed by atoms with Crippen LogP contribution in [-0.4, -0.2) is 19.8 Å². The fraction of sp³-hybridized carbons (Fsp3) is 0.667. The number of ether oxygens (including phenoxy) is 1. The van der Waals surface area contributed by atoms with Crippen LogP contribution in [0.3, 0.4) is 0 Å². The SMILES string of the molecule is Cl.NC/C(F)=C1\CCOC1. The summed E-state index contributed by atoms with van der Waals surface area (Å²) in [7, 11) is 0. The molecule has 0 spiro atoms. The molecule has 1 aliphatic rings. The van der Waals surface area contributed by atoms with Crippen LogP contribution in [0.4, 0.5) is 4.39 Å². The minimum absolute atomic E-state index is 0. The first-order valence-electron chi connectivity index (χ1n) is 2.99. The molecule has 0 saturated carbocycles. The van der Waals surface area contributed by atoms with Crippen molar-refractivity contribution < 1.29 is 9.13 Å². The maximum atomic E-state index is 12.5. The summed E-state index contributed by atoms with van der Waals surface area (Å²) < 4.78 is 17.4. The molecule has 0 atom stereocenters. The van der Waals surface area contributed by atoms with Crippen molar-refractivity contribution in [3.05, 3.63) is 11.4 Å². The molecule has 0 aromatic carbocycles. The minimum Gasteiger partial charge on any atom is -0.377 e. The third kappa shape index (κ3) is 2.25. The van der Waals surface area contributed by atoms with E-state index in [4.69, 9.17) is 10.5 Å². The Kier molecular flexibility index (Phi) is 4.60. The van der Waals surface area contributed by atoms with Crippen molar-refractivity contribution in [2.45, 2.75) is 6.42 Å². The summed E-state index contributed by atoms with van der Waals surface area (Å²) in [6.07, 6.45) is 0.711. The fourth-order valence-electron chi connectivity index (χ4n) is 0.821. The monoisotopic (exact) mass is 167 g/mol. The zero-order valence-corrected chi connectivity index (χ0v) is 6.42. The molecular formula is C6H11ClFNO. The Hall–Kier alpha value is -0.120. The quantitative estimate of drug-likeness (QED) is 0.633. The Morgan fingerprint density at radius 1 is 1.70 bits per heavy atom. The second-order valence-electron chi connectivity index (χ2n) is 2.02. The summed E-state index contributed by atoms with van der Waals surface area (Å²) in [6.45, 7) is 1.09. The smallest absolute Gasteiger partial charge is 0.115 e. The molecule has 4 heteroatoms. The first-order valence-corrected chi connectivity index (χ1v) is 2.99. The van der Waals surface area contributed by atoms with E-state index >= 15 is 0 Å². The van der Waals surface area contributed by atoms with Crippen molar-refractivity contribution >= 4 is 12.4 Å². The fourth-order valence-corrected chi connectivity index (χ4v) is 0.821. The molecule has 0 amide bonds. The van der Waals surface area contributed by atoms with Crippen LogP contribution in [0.25, 0.3) is 0 Å². The highest BCUT2D eigenvalue weighted by Crippen LogP contribution is 2.15. The van der Waals surface area contributed by atoms with Gasteiger partial charge in [0.2, 0.25) is 0 Å². The van der Waals surface area contributed by atoms with Gasteiger partial charge in [-0.05, 0) is 12.0 Å². The maximum absolute atomic E-state index is 12.5. The molecule has 1 heterocycles. The first kappa shape index (κ1) is 9.88. The second-order valence-corrected chi connectivity index (χ2v) is 2.02. The Morgan fingerprint density at radius 2 is 2.40 bits per heavy atom. The van der Waals surface area contributed by atoms with Gasteiger partial charge in [-0.25, -0.2) is 4.39 Å². The van der Waals surface area contributed by atoms with E-state index in [1.165, 1.54) is 0 Å². The third-order valence-electron chi connectivity index (χ3n) is 1.39. The molecule has 0 aromatic rings. The van der Waals surface area contributed by atoms with Gasteiger partial charge in [0.05, 0.1) is 13.2 Å². The molecule has 2 N–H and O–H groups in total. The van der Waals surface area contributed by atoms with Crippen molar-refractivity contribution in [1.29, 1.82) is 0 Å². The van der Waals surface area contributed by atoms with E-state index < -0.39 is 0 Å². The van der Waals surface area contributed by atoms with Crippen LogP contribution in [0.1, 0.15) is 6.42 Å². The molecule has 0 radical (unpaired) electrons. The van der Waals surface area contributed by atoms with Crippen molar-refractivity contribution in [1.82, 2.24) is 0 Å². The Bertz CT molecular complexity index is 130. The maximum Gasteiger partial charge on any atom is 0.115 e. The predicted molar refractivity (Wildman–Crippen MR) is 39.9 cm³/mol. The molecule has 0 aromatic heterocycles. The predicted octanol–water partition coefficient (Wildman–Crippen LogP) is 1.01. The van der Waals surface area contributed by atoms with Crippen LogP contribution < -0.4 is 5.73 Å². The van der Waals surface area contributed by atoms with Crippen LogP contribution in [-0.2, 0) is 4.74 Å². The lowest BCUT2D eigenvalue weighted by Crippen LogP contribution is -2.02. The molecule has 1 rings (SSSR count). The van der Waals surface area contributed by atoms with Crippen LogP contribution in [0.2, 0.25) is 0 Å². The van der Waals surface area contributed by atoms with Gasteiger partial charge in [0.15, 0.2) is 0 Å². The van der Waals surface area contributed by atoms with Crippen molar-refractivity contribution in [2.75, 3.05) is 19.8 Å². The summed E-state index contributed by atoms with van der Waals surface area (Å²) in [5.41, 5.74) is 5.80. The summed E-state index contributed by atoms with van der Waals surface area (Å²) in [4.78, 5) is 0. The zero-order valence-electron chi connectivity index (χ0n) is 5.60. The molecule has 0 unspecified atom stereocenters. The van der Waals surface area contributed by atoms with Crippen LogP contribution in [0.15, 0.2) is 11.4 Å².